The van der Waals surface area contributed by atoms with Crippen molar-refractivity contribution in [2.45, 2.75) is 25.9 Å². The highest BCUT2D eigenvalue weighted by molar-refractivity contribution is 6.30. The first-order chi connectivity index (χ1) is 10.0. The number of hydrogen-bond acceptors (Lipinski definition) is 4. The Morgan fingerprint density at radius 1 is 1.29 bits per heavy atom. The molecule has 1 aromatic carbocycles. The topological polar surface area (TPSA) is 56.8 Å². The predicted molar refractivity (Wildman–Crippen MR) is 81.1 cm³/mol. The minimum absolute atomic E-state index is 0.100. The summed E-state index contributed by atoms with van der Waals surface area (Å²) in [7, 11) is 0. The van der Waals surface area contributed by atoms with Gasteiger partial charge < -0.3 is 10.2 Å². The molecule has 1 fully saturated rings. The van der Waals surface area contributed by atoms with Crippen LogP contribution in [0.1, 0.15) is 13.8 Å². The summed E-state index contributed by atoms with van der Waals surface area (Å²) >= 11 is 5.69. The number of rotatable bonds is 2. The maximum Gasteiger partial charge on any atom is 0.245 e. The van der Waals surface area contributed by atoms with Crippen LogP contribution < -0.4 is 10.2 Å². The fourth-order valence-electron chi connectivity index (χ4n) is 2.66. The molecule has 0 saturated carbocycles. The van der Waals surface area contributed by atoms with Crippen molar-refractivity contribution in [1.82, 2.24) is 20.5 Å². The molecule has 1 aromatic heterocycles. The second-order valence-electron chi connectivity index (χ2n) is 5.49. The van der Waals surface area contributed by atoms with Gasteiger partial charge in [-0.15, -0.1) is 5.10 Å². The Balaban J connectivity index is 1.84. The van der Waals surface area contributed by atoms with Crippen LogP contribution in [0.25, 0.3) is 11.4 Å². The largest absolute Gasteiger partial charge is 0.336 e. The summed E-state index contributed by atoms with van der Waals surface area (Å²) in [4.78, 5) is 6.59. The van der Waals surface area contributed by atoms with E-state index in [1.54, 1.807) is 6.07 Å². The number of halogens is 2. The Bertz CT molecular complexity index is 634. The van der Waals surface area contributed by atoms with E-state index in [1.165, 1.54) is 12.1 Å². The van der Waals surface area contributed by atoms with Gasteiger partial charge in [0.15, 0.2) is 5.82 Å². The van der Waals surface area contributed by atoms with Crippen molar-refractivity contribution >= 4 is 17.5 Å². The Kier molecular flexibility index (Phi) is 3.82. The van der Waals surface area contributed by atoms with E-state index in [-0.39, 0.29) is 5.02 Å². The second-order valence-corrected chi connectivity index (χ2v) is 5.89. The molecule has 7 heteroatoms. The van der Waals surface area contributed by atoms with Crippen molar-refractivity contribution < 1.29 is 4.39 Å². The average Bonchev–Trinajstić information content (AvgIpc) is 2.90. The van der Waals surface area contributed by atoms with Crippen molar-refractivity contribution in [1.29, 1.82) is 0 Å². The lowest BCUT2D eigenvalue weighted by Crippen LogP contribution is -2.54. The van der Waals surface area contributed by atoms with Crippen LogP contribution in [-0.2, 0) is 0 Å². The molecule has 0 amide bonds. The van der Waals surface area contributed by atoms with Crippen molar-refractivity contribution in [3.05, 3.63) is 29.0 Å². The molecule has 2 heterocycles. The third-order valence-corrected chi connectivity index (χ3v) is 3.81. The molecular formula is C14H17ClFN5. The first-order valence-electron chi connectivity index (χ1n) is 6.92. The molecule has 2 unspecified atom stereocenters. The van der Waals surface area contributed by atoms with Crippen molar-refractivity contribution in [3.8, 4) is 11.4 Å². The standard InChI is InChI=1S/C14H17ClFN5/c1-8-6-21(7-9(2)17-8)14-18-13(19-20-14)10-3-4-11(15)12(16)5-10/h3-5,8-9,17H,6-7H2,1-2H3,(H,18,19,20). The third kappa shape index (κ3) is 3.01. The van der Waals surface area contributed by atoms with Gasteiger partial charge in [-0.25, -0.2) is 4.39 Å². The van der Waals surface area contributed by atoms with Crippen LogP contribution >= 0.6 is 11.6 Å². The highest BCUT2D eigenvalue weighted by Gasteiger charge is 2.23. The summed E-state index contributed by atoms with van der Waals surface area (Å²) in [6.07, 6.45) is 0. The number of anilines is 1. The molecule has 112 valence electrons. The molecule has 2 aromatic rings. The number of H-pyrrole nitrogens is 1. The van der Waals surface area contributed by atoms with E-state index in [4.69, 9.17) is 11.6 Å². The molecule has 0 aliphatic carbocycles. The molecule has 0 spiro atoms. The van der Waals surface area contributed by atoms with E-state index >= 15 is 0 Å². The van der Waals surface area contributed by atoms with E-state index in [9.17, 15) is 4.39 Å². The van der Waals surface area contributed by atoms with Crippen LogP contribution in [0.2, 0.25) is 5.02 Å². The van der Waals surface area contributed by atoms with Crippen molar-refractivity contribution in [2.75, 3.05) is 18.0 Å². The van der Waals surface area contributed by atoms with Gasteiger partial charge in [0.1, 0.15) is 5.82 Å². The molecule has 1 saturated heterocycles. The predicted octanol–water partition coefficient (Wildman–Crippen LogP) is 2.45. The normalized spacial score (nSPS) is 22.6. The lowest BCUT2D eigenvalue weighted by Gasteiger charge is -2.35. The third-order valence-electron chi connectivity index (χ3n) is 3.51. The Morgan fingerprint density at radius 2 is 2.00 bits per heavy atom. The van der Waals surface area contributed by atoms with Gasteiger partial charge in [-0.2, -0.15) is 4.98 Å². The maximum atomic E-state index is 13.5. The number of benzene rings is 1. The van der Waals surface area contributed by atoms with Gasteiger partial charge in [-0.3, -0.25) is 5.10 Å². The molecule has 2 N–H and O–H groups in total. The number of nitrogens with zero attached hydrogens (tertiary/aromatic N) is 3. The van der Waals surface area contributed by atoms with Crippen LogP contribution in [0.4, 0.5) is 10.3 Å². The van der Waals surface area contributed by atoms with Crippen LogP contribution in [0, 0.1) is 5.82 Å². The fourth-order valence-corrected chi connectivity index (χ4v) is 2.77. The lowest BCUT2D eigenvalue weighted by atomic mass is 10.1. The molecule has 1 aliphatic rings. The van der Waals surface area contributed by atoms with Gasteiger partial charge in [-0.1, -0.05) is 11.6 Å². The van der Waals surface area contributed by atoms with Crippen LogP contribution in [0.3, 0.4) is 0 Å². The Hall–Kier alpha value is -1.66. The lowest BCUT2D eigenvalue weighted by molar-refractivity contribution is 0.403. The number of hydrogen-bond donors (Lipinski definition) is 2. The van der Waals surface area contributed by atoms with Gasteiger partial charge >= 0.3 is 0 Å². The molecule has 2 atom stereocenters. The van der Waals surface area contributed by atoms with Gasteiger partial charge in [-0.05, 0) is 32.0 Å². The maximum absolute atomic E-state index is 13.5. The summed E-state index contributed by atoms with van der Waals surface area (Å²) in [5, 5.41) is 10.7. The SMILES string of the molecule is CC1CN(c2n[nH]c(-c3ccc(Cl)c(F)c3)n2)CC(C)N1. The number of piperazine rings is 1. The minimum atomic E-state index is -0.462. The quantitative estimate of drug-likeness (QED) is 0.894. The van der Waals surface area contributed by atoms with E-state index < -0.39 is 5.82 Å². The first-order valence-corrected chi connectivity index (χ1v) is 7.29. The summed E-state index contributed by atoms with van der Waals surface area (Å²) < 4.78 is 13.5. The van der Waals surface area contributed by atoms with Crippen molar-refractivity contribution in [3.63, 3.8) is 0 Å². The van der Waals surface area contributed by atoms with Gasteiger partial charge in [0, 0.05) is 30.7 Å². The van der Waals surface area contributed by atoms with Crippen molar-refractivity contribution in [2.24, 2.45) is 0 Å². The fraction of sp³-hybridized carbons (Fsp3) is 0.429. The molecule has 1 aliphatic heterocycles. The first kappa shape index (κ1) is 14.3. The molecular weight excluding hydrogens is 293 g/mol. The molecule has 3 rings (SSSR count). The van der Waals surface area contributed by atoms with E-state index in [2.05, 4.69) is 39.2 Å². The highest BCUT2D eigenvalue weighted by atomic mass is 35.5. The summed E-state index contributed by atoms with van der Waals surface area (Å²) in [5.74, 6) is 0.719. The zero-order chi connectivity index (χ0) is 15.0. The van der Waals surface area contributed by atoms with Gasteiger partial charge in [0.05, 0.1) is 5.02 Å². The monoisotopic (exact) mass is 309 g/mol. The molecule has 0 radical (unpaired) electrons. The summed E-state index contributed by atoms with van der Waals surface area (Å²) in [6, 6.07) is 5.35. The molecule has 5 nitrogen and oxygen atoms in total. The van der Waals surface area contributed by atoms with E-state index in [0.29, 0.717) is 29.4 Å². The van der Waals surface area contributed by atoms with Gasteiger partial charge in [0.2, 0.25) is 5.95 Å². The molecule has 0 bridgehead atoms. The van der Waals surface area contributed by atoms with Crippen LogP contribution in [0.15, 0.2) is 18.2 Å². The van der Waals surface area contributed by atoms with Gasteiger partial charge in [0.25, 0.3) is 0 Å². The van der Waals surface area contributed by atoms with E-state index in [0.717, 1.165) is 13.1 Å². The van der Waals surface area contributed by atoms with E-state index in [1.807, 2.05) is 0 Å². The van der Waals surface area contributed by atoms with Crippen LogP contribution in [0.5, 0.6) is 0 Å². The number of nitrogens with one attached hydrogen (secondary N) is 2. The summed E-state index contributed by atoms with van der Waals surface area (Å²) in [5.41, 5.74) is 0.631. The number of aromatic nitrogens is 3. The second kappa shape index (κ2) is 5.61. The Labute approximate surface area is 127 Å². The Morgan fingerprint density at radius 3 is 2.67 bits per heavy atom. The number of aromatic amines is 1. The summed E-state index contributed by atoms with van der Waals surface area (Å²) in [6.45, 7) is 5.95. The zero-order valence-electron chi connectivity index (χ0n) is 11.9. The average molecular weight is 310 g/mol. The zero-order valence-corrected chi connectivity index (χ0v) is 12.7. The smallest absolute Gasteiger partial charge is 0.245 e. The molecule has 21 heavy (non-hydrogen) atoms. The highest BCUT2D eigenvalue weighted by Crippen LogP contribution is 2.23. The van der Waals surface area contributed by atoms with Crippen LogP contribution in [-0.4, -0.2) is 40.4 Å². The minimum Gasteiger partial charge on any atom is -0.336 e.